The average molecular weight is 475 g/mol. The molecule has 1 amide bonds. The lowest BCUT2D eigenvalue weighted by Crippen LogP contribution is -2.40. The quantitative estimate of drug-likeness (QED) is 0.508. The summed E-state index contributed by atoms with van der Waals surface area (Å²) in [6.07, 6.45) is -2.27. The van der Waals surface area contributed by atoms with Crippen LogP contribution in [-0.4, -0.2) is 42.1 Å². The van der Waals surface area contributed by atoms with E-state index in [1.807, 2.05) is 43.3 Å². The molecule has 1 aliphatic rings. The molecular weight excluding hydrogens is 450 g/mol. The molecule has 0 spiro atoms. The van der Waals surface area contributed by atoms with Gasteiger partial charge in [-0.15, -0.1) is 0 Å². The number of carbonyl (C=O) groups is 1. The lowest BCUT2D eigenvalue weighted by Gasteiger charge is -2.30. The highest BCUT2D eigenvalue weighted by molar-refractivity contribution is 5.96. The number of rotatable bonds is 5. The third-order valence-corrected chi connectivity index (χ3v) is 5.93. The Bertz CT molecular complexity index is 1190. The van der Waals surface area contributed by atoms with Gasteiger partial charge < -0.3 is 15.5 Å². The molecule has 1 aliphatic carbocycles. The van der Waals surface area contributed by atoms with Crippen molar-refractivity contribution in [2.45, 2.75) is 43.9 Å². The van der Waals surface area contributed by atoms with Gasteiger partial charge in [0.2, 0.25) is 5.95 Å². The van der Waals surface area contributed by atoms with Crippen LogP contribution in [0.4, 0.5) is 29.3 Å². The molecule has 2 aromatic carbocycles. The van der Waals surface area contributed by atoms with Crippen molar-refractivity contribution in [1.82, 2.24) is 15.3 Å². The molecule has 34 heavy (non-hydrogen) atoms. The molecular formula is C24H25F4N5O. The van der Waals surface area contributed by atoms with Gasteiger partial charge in [-0.2, -0.15) is 18.2 Å². The van der Waals surface area contributed by atoms with Gasteiger partial charge in [-0.25, -0.2) is 9.37 Å². The Morgan fingerprint density at radius 3 is 2.35 bits per heavy atom. The van der Waals surface area contributed by atoms with Crippen LogP contribution in [0.25, 0.3) is 10.9 Å². The third-order valence-electron chi connectivity index (χ3n) is 5.93. The summed E-state index contributed by atoms with van der Waals surface area (Å²) in [6, 6.07) is 9.62. The van der Waals surface area contributed by atoms with Gasteiger partial charge in [0.05, 0.1) is 16.6 Å². The molecule has 0 bridgehead atoms. The van der Waals surface area contributed by atoms with E-state index in [1.165, 1.54) is 0 Å². The smallest absolute Gasteiger partial charge is 0.362 e. The number of hydrogen-bond donors (Lipinski definition) is 2. The monoisotopic (exact) mass is 475 g/mol. The SMILES string of the molecule is CN(C)c1nc(NC2CCC(NC(=O)c3ccc(F)cc3C(F)(F)F)CC2)nc2ccccc12. The second kappa shape index (κ2) is 9.44. The third kappa shape index (κ3) is 5.21. The fourth-order valence-corrected chi connectivity index (χ4v) is 4.24. The Morgan fingerprint density at radius 2 is 1.68 bits per heavy atom. The molecule has 0 radical (unpaired) electrons. The number of halogens is 4. The standard InChI is InChI=1S/C24H25F4N5O/c1-33(2)21-18-5-3-4-6-20(18)31-23(32-21)30-16-10-8-15(9-11-16)29-22(34)17-12-7-14(25)13-19(17)24(26,27)28/h3-7,12-13,15-16H,8-11H2,1-2H3,(H,29,34)(H,30,31,32). The first-order valence-electron chi connectivity index (χ1n) is 11.0. The van der Waals surface area contributed by atoms with Crippen molar-refractivity contribution in [3.05, 3.63) is 59.4 Å². The highest BCUT2D eigenvalue weighted by atomic mass is 19.4. The Labute approximate surface area is 194 Å². The van der Waals surface area contributed by atoms with Crippen LogP contribution in [0.15, 0.2) is 42.5 Å². The van der Waals surface area contributed by atoms with Crippen LogP contribution < -0.4 is 15.5 Å². The molecule has 2 N–H and O–H groups in total. The van der Waals surface area contributed by atoms with Crippen LogP contribution in [0.1, 0.15) is 41.6 Å². The Kier molecular flexibility index (Phi) is 6.58. The van der Waals surface area contributed by atoms with Crippen molar-refractivity contribution >= 4 is 28.6 Å². The van der Waals surface area contributed by atoms with E-state index in [2.05, 4.69) is 20.6 Å². The lowest BCUT2D eigenvalue weighted by atomic mass is 9.91. The molecule has 4 rings (SSSR count). The second-order valence-corrected chi connectivity index (χ2v) is 8.64. The zero-order valence-corrected chi connectivity index (χ0v) is 18.8. The van der Waals surface area contributed by atoms with E-state index in [1.54, 1.807) is 0 Å². The maximum Gasteiger partial charge on any atom is 0.417 e. The maximum atomic E-state index is 13.3. The van der Waals surface area contributed by atoms with E-state index in [-0.39, 0.29) is 12.1 Å². The van der Waals surface area contributed by atoms with Gasteiger partial charge in [0.1, 0.15) is 11.6 Å². The lowest BCUT2D eigenvalue weighted by molar-refractivity contribution is -0.138. The number of benzene rings is 2. The number of carbonyl (C=O) groups excluding carboxylic acids is 1. The van der Waals surface area contributed by atoms with Gasteiger partial charge in [0.15, 0.2) is 0 Å². The highest BCUT2D eigenvalue weighted by Crippen LogP contribution is 2.33. The van der Waals surface area contributed by atoms with E-state index in [0.29, 0.717) is 37.7 Å². The van der Waals surface area contributed by atoms with E-state index < -0.39 is 29.0 Å². The topological polar surface area (TPSA) is 70.2 Å². The summed E-state index contributed by atoms with van der Waals surface area (Å²) in [4.78, 5) is 23.7. The second-order valence-electron chi connectivity index (χ2n) is 8.64. The van der Waals surface area contributed by atoms with Crippen molar-refractivity contribution in [3.63, 3.8) is 0 Å². The maximum absolute atomic E-state index is 13.3. The summed E-state index contributed by atoms with van der Waals surface area (Å²) in [5, 5.41) is 6.98. The van der Waals surface area contributed by atoms with E-state index in [0.717, 1.165) is 28.9 Å². The fraction of sp³-hybridized carbons (Fsp3) is 0.375. The van der Waals surface area contributed by atoms with E-state index >= 15 is 0 Å². The molecule has 1 aromatic heterocycles. The Morgan fingerprint density at radius 1 is 1.00 bits per heavy atom. The molecule has 0 atom stereocenters. The number of para-hydroxylation sites is 1. The molecule has 0 aliphatic heterocycles. The molecule has 0 unspecified atom stereocenters. The van der Waals surface area contributed by atoms with E-state index in [4.69, 9.17) is 0 Å². The van der Waals surface area contributed by atoms with Crippen molar-refractivity contribution in [3.8, 4) is 0 Å². The molecule has 10 heteroatoms. The average Bonchev–Trinajstić information content (AvgIpc) is 2.79. The van der Waals surface area contributed by atoms with Crippen molar-refractivity contribution < 1.29 is 22.4 Å². The number of alkyl halides is 3. The van der Waals surface area contributed by atoms with Crippen molar-refractivity contribution in [1.29, 1.82) is 0 Å². The minimum atomic E-state index is -4.82. The molecule has 1 saturated carbocycles. The molecule has 1 heterocycles. The number of hydrogen-bond acceptors (Lipinski definition) is 5. The molecule has 0 saturated heterocycles. The van der Waals surface area contributed by atoms with Crippen LogP contribution in [0.5, 0.6) is 0 Å². The first-order chi connectivity index (χ1) is 16.1. The van der Waals surface area contributed by atoms with Crippen LogP contribution in [0.2, 0.25) is 0 Å². The number of nitrogens with zero attached hydrogens (tertiary/aromatic N) is 3. The first-order valence-corrected chi connectivity index (χ1v) is 11.0. The predicted molar refractivity (Wildman–Crippen MR) is 122 cm³/mol. The predicted octanol–water partition coefficient (Wildman–Crippen LogP) is 5.01. The zero-order chi connectivity index (χ0) is 24.5. The summed E-state index contributed by atoms with van der Waals surface area (Å²) >= 11 is 0. The number of aromatic nitrogens is 2. The Balaban J connectivity index is 1.40. The van der Waals surface area contributed by atoms with Crippen LogP contribution in [0, 0.1) is 5.82 Å². The van der Waals surface area contributed by atoms with Gasteiger partial charge in [-0.1, -0.05) is 12.1 Å². The minimum absolute atomic E-state index is 0.0703. The molecule has 6 nitrogen and oxygen atoms in total. The van der Waals surface area contributed by atoms with Gasteiger partial charge >= 0.3 is 6.18 Å². The van der Waals surface area contributed by atoms with Gasteiger partial charge in [-0.3, -0.25) is 4.79 Å². The number of anilines is 2. The van der Waals surface area contributed by atoms with Crippen LogP contribution in [-0.2, 0) is 6.18 Å². The molecule has 180 valence electrons. The van der Waals surface area contributed by atoms with Gasteiger partial charge in [0.25, 0.3) is 5.91 Å². The van der Waals surface area contributed by atoms with Crippen molar-refractivity contribution in [2.75, 3.05) is 24.3 Å². The number of amides is 1. The molecule has 1 fully saturated rings. The van der Waals surface area contributed by atoms with Crippen LogP contribution >= 0.6 is 0 Å². The summed E-state index contributed by atoms with van der Waals surface area (Å²) < 4.78 is 53.0. The highest BCUT2D eigenvalue weighted by Gasteiger charge is 2.36. The van der Waals surface area contributed by atoms with Gasteiger partial charge in [0, 0.05) is 31.6 Å². The summed E-state index contributed by atoms with van der Waals surface area (Å²) in [6.45, 7) is 0. The number of fused-ring (bicyclic) bond motifs is 1. The minimum Gasteiger partial charge on any atom is -0.362 e. The zero-order valence-electron chi connectivity index (χ0n) is 18.8. The fourth-order valence-electron chi connectivity index (χ4n) is 4.24. The number of nitrogens with one attached hydrogen (secondary N) is 2. The van der Waals surface area contributed by atoms with Crippen molar-refractivity contribution in [2.24, 2.45) is 0 Å². The normalized spacial score (nSPS) is 18.5. The summed E-state index contributed by atoms with van der Waals surface area (Å²) in [5.41, 5.74) is -1.02. The molecule has 3 aromatic rings. The Hall–Kier alpha value is -3.43. The van der Waals surface area contributed by atoms with Crippen LogP contribution in [0.3, 0.4) is 0 Å². The first kappa shape index (κ1) is 23.7. The van der Waals surface area contributed by atoms with Gasteiger partial charge in [-0.05, 0) is 56.0 Å². The van der Waals surface area contributed by atoms with E-state index in [9.17, 15) is 22.4 Å². The summed E-state index contributed by atoms with van der Waals surface area (Å²) in [5.74, 6) is -0.578. The largest absolute Gasteiger partial charge is 0.417 e. The summed E-state index contributed by atoms with van der Waals surface area (Å²) in [7, 11) is 3.83.